The number of aromatic nitrogens is 2. The van der Waals surface area contributed by atoms with Gasteiger partial charge in [-0.25, -0.2) is 4.98 Å². The third-order valence-corrected chi connectivity index (χ3v) is 5.11. The highest BCUT2D eigenvalue weighted by molar-refractivity contribution is 7.16. The first-order valence-electron chi connectivity index (χ1n) is 7.19. The lowest BCUT2D eigenvalue weighted by atomic mass is 9.93. The molecule has 0 aliphatic rings. The third-order valence-electron chi connectivity index (χ3n) is 3.39. The van der Waals surface area contributed by atoms with Crippen LogP contribution in [-0.2, 0) is 16.8 Å². The highest BCUT2D eigenvalue weighted by Gasteiger charge is 2.18. The van der Waals surface area contributed by atoms with Crippen LogP contribution in [0.2, 0.25) is 0 Å². The number of rotatable bonds is 3. The van der Waals surface area contributed by atoms with E-state index in [1.165, 1.54) is 15.9 Å². The second-order valence-electron chi connectivity index (χ2n) is 6.26. The average molecular weight is 347 g/mol. The molecule has 0 spiro atoms. The van der Waals surface area contributed by atoms with Crippen molar-refractivity contribution in [3.8, 4) is 0 Å². The number of carbonyl (C=O) groups is 1. The molecule has 0 bridgehead atoms. The van der Waals surface area contributed by atoms with Gasteiger partial charge in [-0.1, -0.05) is 44.2 Å². The average Bonchev–Trinajstić information content (AvgIpc) is 3.04. The molecule has 3 aromatic rings. The number of fused-ring (bicyclic) bond motifs is 1. The molecule has 1 amide bonds. The van der Waals surface area contributed by atoms with E-state index < -0.39 is 0 Å². The molecule has 0 radical (unpaired) electrons. The van der Waals surface area contributed by atoms with E-state index in [1.807, 2.05) is 29.6 Å². The molecule has 2 heterocycles. The summed E-state index contributed by atoms with van der Waals surface area (Å²) >= 11 is 2.55. The van der Waals surface area contributed by atoms with E-state index in [9.17, 15) is 9.59 Å². The molecule has 2 aromatic heterocycles. The van der Waals surface area contributed by atoms with Crippen molar-refractivity contribution in [1.82, 2.24) is 9.55 Å². The number of hydrogen-bond donors (Lipinski definition) is 1. The van der Waals surface area contributed by atoms with Gasteiger partial charge >= 0.3 is 4.87 Å². The molecule has 120 valence electrons. The molecular formula is C16H17N3O2S2. The van der Waals surface area contributed by atoms with Crippen molar-refractivity contribution in [3.63, 3.8) is 0 Å². The SMILES string of the molecule is CC(C)(C)c1csc(NC(=O)Cn2c(=O)sc3ccccc32)n1. The summed E-state index contributed by atoms with van der Waals surface area (Å²) in [5.74, 6) is -0.245. The first kappa shape index (κ1) is 15.9. The molecule has 3 rings (SSSR count). The highest BCUT2D eigenvalue weighted by Crippen LogP contribution is 2.26. The summed E-state index contributed by atoms with van der Waals surface area (Å²) in [6.45, 7) is 6.22. The Balaban J connectivity index is 1.78. The number of amides is 1. The second-order valence-corrected chi connectivity index (χ2v) is 8.11. The van der Waals surface area contributed by atoms with Crippen LogP contribution < -0.4 is 10.2 Å². The molecule has 5 nitrogen and oxygen atoms in total. The van der Waals surface area contributed by atoms with E-state index in [0.717, 1.165) is 27.2 Å². The Morgan fingerprint density at radius 2 is 2.04 bits per heavy atom. The number of thiazole rings is 2. The lowest BCUT2D eigenvalue weighted by Gasteiger charge is -2.14. The van der Waals surface area contributed by atoms with Gasteiger partial charge in [0.25, 0.3) is 0 Å². The maximum Gasteiger partial charge on any atom is 0.308 e. The fraction of sp³-hybridized carbons (Fsp3) is 0.312. The molecule has 1 aromatic carbocycles. The summed E-state index contributed by atoms with van der Waals surface area (Å²) in [5.41, 5.74) is 1.67. The third kappa shape index (κ3) is 3.35. The van der Waals surface area contributed by atoms with Crippen molar-refractivity contribution < 1.29 is 4.79 Å². The topological polar surface area (TPSA) is 64.0 Å². The predicted octanol–water partition coefficient (Wildman–Crippen LogP) is 3.46. The summed E-state index contributed by atoms with van der Waals surface area (Å²) in [6, 6.07) is 7.47. The van der Waals surface area contributed by atoms with Crippen LogP contribution in [0.3, 0.4) is 0 Å². The van der Waals surface area contributed by atoms with Crippen LogP contribution in [0.25, 0.3) is 10.2 Å². The van der Waals surface area contributed by atoms with Crippen LogP contribution in [0.5, 0.6) is 0 Å². The number of hydrogen-bond acceptors (Lipinski definition) is 5. The quantitative estimate of drug-likeness (QED) is 0.789. The summed E-state index contributed by atoms with van der Waals surface area (Å²) < 4.78 is 2.38. The molecule has 7 heteroatoms. The van der Waals surface area contributed by atoms with Crippen molar-refractivity contribution >= 4 is 43.9 Å². The maximum absolute atomic E-state index is 12.2. The minimum atomic E-state index is -0.245. The van der Waals surface area contributed by atoms with Crippen LogP contribution in [0.15, 0.2) is 34.4 Å². The first-order chi connectivity index (χ1) is 10.8. The van der Waals surface area contributed by atoms with Crippen molar-refractivity contribution in [3.05, 3.63) is 45.0 Å². The molecule has 0 saturated heterocycles. The minimum absolute atomic E-state index is 0.00667. The number of benzene rings is 1. The largest absolute Gasteiger partial charge is 0.308 e. The van der Waals surface area contributed by atoms with E-state index in [2.05, 4.69) is 31.1 Å². The Bertz CT molecular complexity index is 915. The lowest BCUT2D eigenvalue weighted by molar-refractivity contribution is -0.116. The molecule has 0 atom stereocenters. The van der Waals surface area contributed by atoms with Crippen LogP contribution in [-0.4, -0.2) is 15.5 Å². The van der Waals surface area contributed by atoms with Gasteiger partial charge in [0.15, 0.2) is 5.13 Å². The van der Waals surface area contributed by atoms with Crippen LogP contribution >= 0.6 is 22.7 Å². The Labute approximate surface area is 141 Å². The number of nitrogens with zero attached hydrogens (tertiary/aromatic N) is 2. The molecule has 0 aliphatic carbocycles. The maximum atomic E-state index is 12.2. The zero-order valence-corrected chi connectivity index (χ0v) is 14.8. The molecule has 0 fully saturated rings. The van der Waals surface area contributed by atoms with E-state index in [4.69, 9.17) is 0 Å². The van der Waals surface area contributed by atoms with Gasteiger partial charge in [-0.05, 0) is 12.1 Å². The monoisotopic (exact) mass is 347 g/mol. The highest BCUT2D eigenvalue weighted by atomic mass is 32.1. The number of carbonyl (C=O) groups excluding carboxylic acids is 1. The molecule has 0 unspecified atom stereocenters. The van der Waals surface area contributed by atoms with E-state index in [0.29, 0.717) is 5.13 Å². The smallest absolute Gasteiger partial charge is 0.300 e. The van der Waals surface area contributed by atoms with Crippen LogP contribution in [0.4, 0.5) is 5.13 Å². The Morgan fingerprint density at radius 1 is 1.30 bits per heavy atom. The standard InChI is InChI=1S/C16H17N3O2S2/c1-16(2,3)12-9-22-14(17-12)18-13(20)8-19-10-6-4-5-7-11(10)23-15(19)21/h4-7,9H,8H2,1-3H3,(H,17,18,20). The van der Waals surface area contributed by atoms with E-state index in [-0.39, 0.29) is 22.7 Å². The van der Waals surface area contributed by atoms with Gasteiger partial charge in [0.05, 0.1) is 15.9 Å². The van der Waals surface area contributed by atoms with Crippen LogP contribution in [0, 0.1) is 0 Å². The first-order valence-corrected chi connectivity index (χ1v) is 8.88. The fourth-order valence-corrected chi connectivity index (χ4v) is 3.99. The van der Waals surface area contributed by atoms with Gasteiger partial charge in [0.2, 0.25) is 5.91 Å². The van der Waals surface area contributed by atoms with E-state index in [1.54, 1.807) is 0 Å². The van der Waals surface area contributed by atoms with Gasteiger partial charge in [-0.2, -0.15) is 0 Å². The minimum Gasteiger partial charge on any atom is -0.300 e. The fourth-order valence-electron chi connectivity index (χ4n) is 2.14. The predicted molar refractivity (Wildman–Crippen MR) is 95.5 cm³/mol. The lowest BCUT2D eigenvalue weighted by Crippen LogP contribution is -2.24. The molecule has 0 saturated carbocycles. The zero-order valence-electron chi connectivity index (χ0n) is 13.1. The Kier molecular flexibility index (Phi) is 4.08. The summed E-state index contributed by atoms with van der Waals surface area (Å²) in [7, 11) is 0. The van der Waals surface area contributed by atoms with Crippen LogP contribution in [0.1, 0.15) is 26.5 Å². The van der Waals surface area contributed by atoms with Gasteiger partial charge in [0.1, 0.15) is 6.54 Å². The van der Waals surface area contributed by atoms with Gasteiger partial charge in [0, 0.05) is 10.8 Å². The Morgan fingerprint density at radius 3 is 2.74 bits per heavy atom. The normalized spacial score (nSPS) is 11.8. The summed E-state index contributed by atoms with van der Waals surface area (Å²) in [6.07, 6.45) is 0. The summed E-state index contributed by atoms with van der Waals surface area (Å²) in [4.78, 5) is 28.6. The molecular weight excluding hydrogens is 330 g/mol. The van der Waals surface area contributed by atoms with Crippen molar-refractivity contribution in [2.75, 3.05) is 5.32 Å². The number of anilines is 1. The number of para-hydroxylation sites is 1. The van der Waals surface area contributed by atoms with E-state index >= 15 is 0 Å². The van der Waals surface area contributed by atoms with Crippen molar-refractivity contribution in [1.29, 1.82) is 0 Å². The number of nitrogens with one attached hydrogen (secondary N) is 1. The van der Waals surface area contributed by atoms with Gasteiger partial charge in [-0.15, -0.1) is 11.3 Å². The summed E-state index contributed by atoms with van der Waals surface area (Å²) in [5, 5.41) is 5.29. The molecule has 1 N–H and O–H groups in total. The zero-order chi connectivity index (χ0) is 16.6. The van der Waals surface area contributed by atoms with Gasteiger partial charge < -0.3 is 5.32 Å². The van der Waals surface area contributed by atoms with Gasteiger partial charge in [-0.3, -0.25) is 14.2 Å². The second kappa shape index (κ2) is 5.90. The van der Waals surface area contributed by atoms with Crippen molar-refractivity contribution in [2.45, 2.75) is 32.7 Å². The molecule has 0 aliphatic heterocycles. The van der Waals surface area contributed by atoms with Crippen molar-refractivity contribution in [2.24, 2.45) is 0 Å². The Hall–Kier alpha value is -1.99. The molecule has 23 heavy (non-hydrogen) atoms.